The predicted octanol–water partition coefficient (Wildman–Crippen LogP) is 3.08. The number of hydrogen-bond acceptors (Lipinski definition) is 6. The minimum atomic E-state index is -0.296. The number of benzene rings is 1. The first-order valence-corrected chi connectivity index (χ1v) is 12.4. The van der Waals surface area contributed by atoms with E-state index in [4.69, 9.17) is 9.47 Å². The molecule has 1 aliphatic heterocycles. The van der Waals surface area contributed by atoms with Crippen LogP contribution in [0.2, 0.25) is 0 Å². The van der Waals surface area contributed by atoms with Crippen LogP contribution >= 0.6 is 0 Å². The van der Waals surface area contributed by atoms with Crippen LogP contribution in [0.25, 0.3) is 0 Å². The average molecular weight is 495 g/mol. The first-order chi connectivity index (χ1) is 17.3. The molecule has 0 spiro atoms. The third-order valence-corrected chi connectivity index (χ3v) is 6.85. The topological polar surface area (TPSA) is 101 Å². The van der Waals surface area contributed by atoms with E-state index in [1.165, 1.54) is 0 Å². The molecule has 0 saturated heterocycles. The van der Waals surface area contributed by atoms with Gasteiger partial charge in [-0.3, -0.25) is 19.4 Å². The molecule has 9 heteroatoms. The van der Waals surface area contributed by atoms with Gasteiger partial charge in [0.05, 0.1) is 17.7 Å². The Morgan fingerprint density at radius 1 is 1.11 bits per heavy atom. The van der Waals surface area contributed by atoms with Gasteiger partial charge in [-0.25, -0.2) is 0 Å². The van der Waals surface area contributed by atoms with Crippen LogP contribution in [-0.4, -0.2) is 78.5 Å². The summed E-state index contributed by atoms with van der Waals surface area (Å²) in [5.74, 6) is 0.0367. The van der Waals surface area contributed by atoms with Crippen LogP contribution in [0.15, 0.2) is 42.7 Å². The van der Waals surface area contributed by atoms with Crippen molar-refractivity contribution in [3.63, 3.8) is 0 Å². The fourth-order valence-corrected chi connectivity index (χ4v) is 4.38. The SMILES string of the molecule is CO[C@@H]1CN(C)C(=O)c2ccc(NC(=O)C3CC3)cc2OC[C@@H](C)N(C(=O)c2ccncc2)C[C@H]1C. The molecule has 0 unspecified atom stereocenters. The minimum absolute atomic E-state index is 0.0223. The van der Waals surface area contributed by atoms with Gasteiger partial charge >= 0.3 is 0 Å². The molecule has 1 aromatic carbocycles. The molecule has 3 amide bonds. The summed E-state index contributed by atoms with van der Waals surface area (Å²) in [4.78, 5) is 46.5. The van der Waals surface area contributed by atoms with E-state index >= 15 is 0 Å². The van der Waals surface area contributed by atoms with Crippen LogP contribution in [0, 0.1) is 11.8 Å². The molecule has 4 rings (SSSR count). The van der Waals surface area contributed by atoms with E-state index in [2.05, 4.69) is 10.3 Å². The number of rotatable bonds is 4. The molecule has 2 aromatic rings. The fourth-order valence-electron chi connectivity index (χ4n) is 4.38. The number of methoxy groups -OCH3 is 1. The lowest BCUT2D eigenvalue weighted by molar-refractivity contribution is -0.117. The molecule has 0 radical (unpaired) electrons. The summed E-state index contributed by atoms with van der Waals surface area (Å²) in [6, 6.07) is 8.18. The summed E-state index contributed by atoms with van der Waals surface area (Å²) in [5.41, 5.74) is 1.51. The van der Waals surface area contributed by atoms with Crippen molar-refractivity contribution in [2.45, 2.75) is 38.8 Å². The normalized spacial score (nSPS) is 23.1. The van der Waals surface area contributed by atoms with Gasteiger partial charge in [0.25, 0.3) is 11.8 Å². The van der Waals surface area contributed by atoms with Crippen molar-refractivity contribution >= 4 is 23.4 Å². The summed E-state index contributed by atoms with van der Waals surface area (Å²) in [6.07, 6.45) is 4.71. The fraction of sp³-hybridized carbons (Fsp3) is 0.481. The molecule has 36 heavy (non-hydrogen) atoms. The van der Waals surface area contributed by atoms with Gasteiger partial charge in [0, 0.05) is 68.8 Å². The molecule has 9 nitrogen and oxygen atoms in total. The van der Waals surface area contributed by atoms with Gasteiger partial charge in [-0.1, -0.05) is 6.92 Å². The molecule has 1 saturated carbocycles. The van der Waals surface area contributed by atoms with Gasteiger partial charge in [0.15, 0.2) is 0 Å². The van der Waals surface area contributed by atoms with Crippen molar-refractivity contribution < 1.29 is 23.9 Å². The summed E-state index contributed by atoms with van der Waals surface area (Å²) in [6.45, 7) is 4.89. The number of fused-ring (bicyclic) bond motifs is 1. The Labute approximate surface area is 211 Å². The maximum atomic E-state index is 13.5. The number of amides is 3. The number of hydrogen-bond donors (Lipinski definition) is 1. The van der Waals surface area contributed by atoms with E-state index < -0.39 is 0 Å². The number of ether oxygens (including phenoxy) is 2. The van der Waals surface area contributed by atoms with E-state index in [9.17, 15) is 14.4 Å². The van der Waals surface area contributed by atoms with Gasteiger partial charge < -0.3 is 24.6 Å². The summed E-state index contributed by atoms with van der Waals surface area (Å²) in [5, 5.41) is 2.91. The van der Waals surface area contributed by atoms with E-state index in [0.29, 0.717) is 35.7 Å². The highest BCUT2D eigenvalue weighted by atomic mass is 16.5. The quantitative estimate of drug-likeness (QED) is 0.701. The third kappa shape index (κ3) is 5.84. The van der Waals surface area contributed by atoms with E-state index in [0.717, 1.165) is 12.8 Å². The number of nitrogens with zero attached hydrogens (tertiary/aromatic N) is 3. The second kappa shape index (κ2) is 11.1. The van der Waals surface area contributed by atoms with Crippen LogP contribution in [0.4, 0.5) is 5.69 Å². The molecule has 1 aromatic heterocycles. The van der Waals surface area contributed by atoms with E-state index in [1.54, 1.807) is 66.7 Å². The number of likely N-dealkylation sites (N-methyl/N-ethyl adjacent to an activating group) is 1. The monoisotopic (exact) mass is 494 g/mol. The predicted molar refractivity (Wildman–Crippen MR) is 135 cm³/mol. The molecule has 2 aliphatic rings. The zero-order valence-corrected chi connectivity index (χ0v) is 21.3. The van der Waals surface area contributed by atoms with Gasteiger partial charge in [-0.15, -0.1) is 0 Å². The molecule has 0 bridgehead atoms. The minimum Gasteiger partial charge on any atom is -0.491 e. The largest absolute Gasteiger partial charge is 0.491 e. The Bertz CT molecular complexity index is 1100. The van der Waals surface area contributed by atoms with Crippen molar-refractivity contribution in [2.75, 3.05) is 39.2 Å². The molecular formula is C27H34N4O5. The number of aromatic nitrogens is 1. The van der Waals surface area contributed by atoms with E-state index in [1.807, 2.05) is 13.8 Å². The first-order valence-electron chi connectivity index (χ1n) is 12.4. The molecule has 1 fully saturated rings. The van der Waals surface area contributed by atoms with Crippen LogP contribution in [0.5, 0.6) is 5.75 Å². The highest BCUT2D eigenvalue weighted by molar-refractivity contribution is 5.99. The molecule has 1 N–H and O–H groups in total. The lowest BCUT2D eigenvalue weighted by atomic mass is 10.0. The maximum Gasteiger partial charge on any atom is 0.257 e. The van der Waals surface area contributed by atoms with Gasteiger partial charge in [0.1, 0.15) is 12.4 Å². The lowest BCUT2D eigenvalue weighted by Gasteiger charge is -2.36. The Hall–Kier alpha value is -3.46. The van der Waals surface area contributed by atoms with Crippen LogP contribution < -0.4 is 10.1 Å². The summed E-state index contributed by atoms with van der Waals surface area (Å²) >= 11 is 0. The highest BCUT2D eigenvalue weighted by Gasteiger charge is 2.32. The average Bonchev–Trinajstić information content (AvgIpc) is 3.74. The zero-order chi connectivity index (χ0) is 25.8. The molecule has 2 heterocycles. The van der Waals surface area contributed by atoms with Gasteiger partial charge in [-0.05, 0) is 44.0 Å². The van der Waals surface area contributed by atoms with Crippen molar-refractivity contribution in [3.8, 4) is 5.75 Å². The number of nitrogens with one attached hydrogen (secondary N) is 1. The number of anilines is 1. The number of pyridine rings is 1. The Morgan fingerprint density at radius 3 is 2.50 bits per heavy atom. The summed E-state index contributed by atoms with van der Waals surface area (Å²) in [7, 11) is 3.34. The van der Waals surface area contributed by atoms with Gasteiger partial charge in [0.2, 0.25) is 5.91 Å². The van der Waals surface area contributed by atoms with Crippen molar-refractivity contribution in [1.29, 1.82) is 0 Å². The van der Waals surface area contributed by atoms with Crippen molar-refractivity contribution in [1.82, 2.24) is 14.8 Å². The molecule has 192 valence electrons. The molecule has 1 aliphatic carbocycles. The second-order valence-electron chi connectivity index (χ2n) is 9.77. The van der Waals surface area contributed by atoms with Gasteiger partial charge in [-0.2, -0.15) is 0 Å². The number of carbonyl (C=O) groups is 3. The zero-order valence-electron chi connectivity index (χ0n) is 21.3. The lowest BCUT2D eigenvalue weighted by Crippen LogP contribution is -2.48. The van der Waals surface area contributed by atoms with Crippen LogP contribution in [0.3, 0.4) is 0 Å². The number of carbonyl (C=O) groups excluding carboxylic acids is 3. The third-order valence-electron chi connectivity index (χ3n) is 6.85. The van der Waals surface area contributed by atoms with Crippen LogP contribution in [-0.2, 0) is 9.53 Å². The molecule has 3 atom stereocenters. The molecular weight excluding hydrogens is 460 g/mol. The Balaban J connectivity index is 1.66. The standard InChI is InChI=1S/C27H34N4O5/c1-17-14-31(26(33)20-9-11-28-12-10-20)18(2)16-36-23-13-21(29-25(32)19-5-6-19)7-8-22(23)27(34)30(3)15-24(17)35-4/h7-13,17-19,24H,5-6,14-16H2,1-4H3,(H,29,32)/t17-,18-,24-/m1/s1. The summed E-state index contributed by atoms with van der Waals surface area (Å²) < 4.78 is 11.9. The Morgan fingerprint density at radius 2 is 1.83 bits per heavy atom. The smallest absolute Gasteiger partial charge is 0.257 e. The maximum absolute atomic E-state index is 13.5. The van der Waals surface area contributed by atoms with E-state index in [-0.39, 0.29) is 48.3 Å². The van der Waals surface area contributed by atoms with Crippen molar-refractivity contribution in [3.05, 3.63) is 53.9 Å². The first kappa shape index (κ1) is 25.6. The highest BCUT2D eigenvalue weighted by Crippen LogP contribution is 2.32. The van der Waals surface area contributed by atoms with Crippen LogP contribution in [0.1, 0.15) is 47.4 Å². The van der Waals surface area contributed by atoms with Crippen molar-refractivity contribution in [2.24, 2.45) is 11.8 Å². The Kier molecular flexibility index (Phi) is 7.88. The second-order valence-corrected chi connectivity index (χ2v) is 9.77.